The van der Waals surface area contributed by atoms with Gasteiger partial charge in [0.2, 0.25) is 0 Å². The zero-order valence-corrected chi connectivity index (χ0v) is 10.8. The van der Waals surface area contributed by atoms with E-state index in [9.17, 15) is 0 Å². The lowest BCUT2D eigenvalue weighted by Gasteiger charge is -2.17. The predicted molar refractivity (Wildman–Crippen MR) is 67.3 cm³/mol. The van der Waals surface area contributed by atoms with E-state index in [4.69, 9.17) is 5.26 Å². The molecule has 1 atom stereocenters. The van der Waals surface area contributed by atoms with Crippen LogP contribution in [0.25, 0.3) is 0 Å². The Morgan fingerprint density at radius 1 is 1.31 bits per heavy atom. The molecule has 0 radical (unpaired) electrons. The van der Waals surface area contributed by atoms with Gasteiger partial charge in [-0.1, -0.05) is 20.8 Å². The van der Waals surface area contributed by atoms with E-state index in [2.05, 4.69) is 44.4 Å². The number of rotatable bonds is 5. The summed E-state index contributed by atoms with van der Waals surface area (Å²) < 4.78 is 2.20. The number of aryl methyl sites for hydroxylation is 1. The molecule has 2 heteroatoms. The van der Waals surface area contributed by atoms with Crippen LogP contribution in [0.2, 0.25) is 0 Å². The van der Waals surface area contributed by atoms with Crippen LogP contribution in [-0.2, 0) is 6.42 Å². The molecule has 0 spiro atoms. The van der Waals surface area contributed by atoms with E-state index in [-0.39, 0.29) is 0 Å². The minimum Gasteiger partial charge on any atom is -0.334 e. The average molecular weight is 218 g/mol. The first-order valence-electron chi connectivity index (χ1n) is 6.20. The van der Waals surface area contributed by atoms with E-state index >= 15 is 0 Å². The van der Waals surface area contributed by atoms with Crippen molar-refractivity contribution in [1.29, 1.82) is 5.26 Å². The average Bonchev–Trinajstić information content (AvgIpc) is 2.68. The molecule has 88 valence electrons. The highest BCUT2D eigenvalue weighted by atomic mass is 15.0. The van der Waals surface area contributed by atoms with Crippen molar-refractivity contribution in [2.24, 2.45) is 5.92 Å². The number of nitriles is 1. The molecular weight excluding hydrogens is 196 g/mol. The Kier molecular flexibility index (Phi) is 4.61. The maximum absolute atomic E-state index is 9.08. The van der Waals surface area contributed by atoms with Gasteiger partial charge in [-0.15, -0.1) is 0 Å². The van der Waals surface area contributed by atoms with Crippen LogP contribution in [0.4, 0.5) is 0 Å². The third-order valence-corrected chi connectivity index (χ3v) is 3.13. The summed E-state index contributed by atoms with van der Waals surface area (Å²) in [7, 11) is 0. The van der Waals surface area contributed by atoms with Gasteiger partial charge in [-0.05, 0) is 44.2 Å². The molecule has 1 aromatic heterocycles. The molecule has 0 aliphatic carbocycles. The minimum atomic E-state index is 0.423. The van der Waals surface area contributed by atoms with Gasteiger partial charge in [0, 0.05) is 11.7 Å². The monoisotopic (exact) mass is 218 g/mol. The third kappa shape index (κ3) is 2.88. The van der Waals surface area contributed by atoms with Crippen LogP contribution in [0.15, 0.2) is 12.1 Å². The molecule has 0 aliphatic heterocycles. The second-order valence-corrected chi connectivity index (χ2v) is 4.88. The van der Waals surface area contributed by atoms with Crippen molar-refractivity contribution in [3.63, 3.8) is 0 Å². The smallest absolute Gasteiger partial charge is 0.120 e. The first kappa shape index (κ1) is 12.8. The summed E-state index contributed by atoms with van der Waals surface area (Å²) in [5.41, 5.74) is 2.10. The molecule has 0 bridgehead atoms. The molecule has 0 amide bonds. The van der Waals surface area contributed by atoms with E-state index in [1.165, 1.54) is 12.1 Å². The van der Waals surface area contributed by atoms with Gasteiger partial charge in [0.15, 0.2) is 0 Å². The lowest BCUT2D eigenvalue weighted by molar-refractivity contribution is 0.492. The Morgan fingerprint density at radius 3 is 2.50 bits per heavy atom. The molecule has 2 nitrogen and oxygen atoms in total. The van der Waals surface area contributed by atoms with Crippen LogP contribution < -0.4 is 0 Å². The highest BCUT2D eigenvalue weighted by Crippen LogP contribution is 2.20. The van der Waals surface area contributed by atoms with Gasteiger partial charge in [-0.25, -0.2) is 0 Å². The predicted octanol–water partition coefficient (Wildman–Crippen LogP) is 3.92. The highest BCUT2D eigenvalue weighted by molar-refractivity contribution is 5.28. The Bertz CT molecular complexity index is 369. The molecule has 0 saturated heterocycles. The minimum absolute atomic E-state index is 0.423. The van der Waals surface area contributed by atoms with Crippen LogP contribution in [0, 0.1) is 17.2 Å². The summed E-state index contributed by atoms with van der Waals surface area (Å²) in [5, 5.41) is 9.08. The van der Waals surface area contributed by atoms with E-state index in [0.717, 1.165) is 18.5 Å². The van der Waals surface area contributed by atoms with Gasteiger partial charge in [-0.3, -0.25) is 0 Å². The number of aromatic nitrogens is 1. The van der Waals surface area contributed by atoms with Crippen molar-refractivity contribution >= 4 is 0 Å². The molecule has 0 N–H and O–H groups in total. The van der Waals surface area contributed by atoms with Gasteiger partial charge in [0.05, 0.1) is 0 Å². The zero-order valence-electron chi connectivity index (χ0n) is 10.8. The lowest BCUT2D eigenvalue weighted by Crippen LogP contribution is -2.10. The molecule has 1 unspecified atom stereocenters. The first-order chi connectivity index (χ1) is 7.60. The van der Waals surface area contributed by atoms with Gasteiger partial charge < -0.3 is 4.57 Å². The summed E-state index contributed by atoms with van der Waals surface area (Å²) in [6.45, 7) is 8.82. The quantitative estimate of drug-likeness (QED) is 0.736. The second kappa shape index (κ2) is 5.75. The summed E-state index contributed by atoms with van der Waals surface area (Å²) in [6.07, 6.45) is 3.33. The van der Waals surface area contributed by atoms with Crippen LogP contribution in [0.5, 0.6) is 0 Å². The largest absolute Gasteiger partial charge is 0.334 e. The molecule has 0 aromatic carbocycles. The van der Waals surface area contributed by atoms with Crippen LogP contribution in [0.1, 0.15) is 58.0 Å². The van der Waals surface area contributed by atoms with Crippen molar-refractivity contribution in [2.45, 2.75) is 53.0 Å². The Hall–Kier alpha value is -1.23. The zero-order chi connectivity index (χ0) is 12.1. The molecule has 0 aliphatic rings. The molecular formula is C14H22N2. The normalized spacial score (nSPS) is 12.8. The third-order valence-electron chi connectivity index (χ3n) is 3.13. The maximum Gasteiger partial charge on any atom is 0.120 e. The first-order valence-corrected chi connectivity index (χ1v) is 6.20. The lowest BCUT2D eigenvalue weighted by atomic mass is 10.1. The number of hydrogen-bond donors (Lipinski definition) is 0. The fraction of sp³-hybridized carbons (Fsp3) is 0.643. The van der Waals surface area contributed by atoms with Crippen molar-refractivity contribution in [1.82, 2.24) is 4.57 Å². The molecule has 1 aromatic rings. The fourth-order valence-corrected chi connectivity index (χ4v) is 1.93. The summed E-state index contributed by atoms with van der Waals surface area (Å²) in [5.74, 6) is 0.714. The second-order valence-electron chi connectivity index (χ2n) is 4.88. The SMILES string of the molecule is CCC(C)n1c(C#N)ccc1CCC(C)C. The summed E-state index contributed by atoms with van der Waals surface area (Å²) in [4.78, 5) is 0. The Labute approximate surface area is 98.9 Å². The standard InChI is InChI=1S/C14H22N2/c1-5-12(4)16-13(7-6-11(2)3)8-9-14(16)10-15/h8-9,11-12H,5-7H2,1-4H3. The molecule has 1 heterocycles. The topological polar surface area (TPSA) is 28.7 Å². The Morgan fingerprint density at radius 2 is 2.00 bits per heavy atom. The number of hydrogen-bond acceptors (Lipinski definition) is 1. The number of nitrogens with zero attached hydrogens (tertiary/aromatic N) is 2. The highest BCUT2D eigenvalue weighted by Gasteiger charge is 2.12. The van der Waals surface area contributed by atoms with Gasteiger partial charge in [0.25, 0.3) is 0 Å². The van der Waals surface area contributed by atoms with Crippen LogP contribution in [-0.4, -0.2) is 4.57 Å². The van der Waals surface area contributed by atoms with Crippen molar-refractivity contribution in [3.05, 3.63) is 23.5 Å². The van der Waals surface area contributed by atoms with Crippen molar-refractivity contribution < 1.29 is 0 Å². The van der Waals surface area contributed by atoms with Gasteiger partial charge in [0.1, 0.15) is 11.8 Å². The molecule has 1 rings (SSSR count). The van der Waals surface area contributed by atoms with Crippen LogP contribution in [0.3, 0.4) is 0 Å². The van der Waals surface area contributed by atoms with Gasteiger partial charge >= 0.3 is 0 Å². The Balaban J connectivity index is 2.92. The van der Waals surface area contributed by atoms with E-state index in [0.29, 0.717) is 12.0 Å². The maximum atomic E-state index is 9.08. The van der Waals surface area contributed by atoms with Crippen LogP contribution >= 0.6 is 0 Å². The molecule has 0 fully saturated rings. The van der Waals surface area contributed by atoms with E-state index in [1.54, 1.807) is 0 Å². The molecule has 16 heavy (non-hydrogen) atoms. The fourth-order valence-electron chi connectivity index (χ4n) is 1.93. The van der Waals surface area contributed by atoms with E-state index in [1.807, 2.05) is 6.07 Å². The summed E-state index contributed by atoms with van der Waals surface area (Å²) in [6, 6.07) is 6.76. The van der Waals surface area contributed by atoms with Crippen molar-refractivity contribution in [3.8, 4) is 6.07 Å². The summed E-state index contributed by atoms with van der Waals surface area (Å²) >= 11 is 0. The van der Waals surface area contributed by atoms with Gasteiger partial charge in [-0.2, -0.15) is 5.26 Å². The van der Waals surface area contributed by atoms with Crippen molar-refractivity contribution in [2.75, 3.05) is 0 Å². The molecule has 0 saturated carbocycles. The van der Waals surface area contributed by atoms with E-state index < -0.39 is 0 Å².